The van der Waals surface area contributed by atoms with Gasteiger partial charge < -0.3 is 25.9 Å². The molecule has 0 atom stereocenters. The zero-order valence-corrected chi connectivity index (χ0v) is 6.93. The summed E-state index contributed by atoms with van der Waals surface area (Å²) < 4.78 is 0. The van der Waals surface area contributed by atoms with E-state index in [1.807, 2.05) is 0 Å². The molecule has 80 valence electrons. The van der Waals surface area contributed by atoms with Crippen molar-refractivity contribution in [3.63, 3.8) is 0 Å². The molecule has 0 radical (unpaired) electrons. The summed E-state index contributed by atoms with van der Waals surface area (Å²) in [6.07, 6.45) is 0. The predicted octanol–water partition coefficient (Wildman–Crippen LogP) is -1.90. The van der Waals surface area contributed by atoms with Gasteiger partial charge in [0.2, 0.25) is 0 Å². The first-order valence-electron chi connectivity index (χ1n) is 2.70. The van der Waals surface area contributed by atoms with Crippen LogP contribution in [0.3, 0.4) is 0 Å². The van der Waals surface area contributed by atoms with E-state index in [4.69, 9.17) is 30.0 Å². The number of aliphatic hydroxyl groups is 2. The lowest BCUT2D eigenvalue weighted by Crippen LogP contribution is -1.98. The first-order chi connectivity index (χ1) is 5.54. The molecule has 0 saturated heterocycles. The largest absolute Gasteiger partial charge is 0.480 e. The molecule has 7 nitrogen and oxygen atoms in total. The number of aliphatic hydroxyl groups excluding tert-OH is 2. The quantitative estimate of drug-likeness (QED) is 0.381. The SMILES string of the molecule is C=C.O.O=C(O)CO.O=C(O)CO. The second-order valence-corrected chi connectivity index (χ2v) is 1.10. The summed E-state index contributed by atoms with van der Waals surface area (Å²) in [5.41, 5.74) is 0. The highest BCUT2D eigenvalue weighted by molar-refractivity contribution is 5.67. The van der Waals surface area contributed by atoms with E-state index in [0.717, 1.165) is 0 Å². The van der Waals surface area contributed by atoms with E-state index in [0.29, 0.717) is 0 Å². The molecule has 0 aliphatic rings. The number of rotatable bonds is 2. The van der Waals surface area contributed by atoms with E-state index in [1.165, 1.54) is 0 Å². The van der Waals surface area contributed by atoms with Crippen LogP contribution in [0.1, 0.15) is 0 Å². The van der Waals surface area contributed by atoms with Gasteiger partial charge in [0.05, 0.1) is 0 Å². The van der Waals surface area contributed by atoms with Gasteiger partial charge in [0, 0.05) is 0 Å². The Morgan fingerprint density at radius 2 is 1.00 bits per heavy atom. The summed E-state index contributed by atoms with van der Waals surface area (Å²) in [5.74, 6) is -2.38. The van der Waals surface area contributed by atoms with Gasteiger partial charge in [-0.2, -0.15) is 0 Å². The highest BCUT2D eigenvalue weighted by Gasteiger charge is 1.83. The molecule has 0 heterocycles. The molecule has 0 saturated carbocycles. The Labute approximate surface area is 74.9 Å². The Bertz CT molecular complexity index is 108. The second kappa shape index (κ2) is 22.4. The van der Waals surface area contributed by atoms with Gasteiger partial charge in [0.25, 0.3) is 0 Å². The zero-order valence-electron chi connectivity index (χ0n) is 6.93. The lowest BCUT2D eigenvalue weighted by atomic mass is 10.8. The Hall–Kier alpha value is -1.44. The molecule has 0 aromatic heterocycles. The lowest BCUT2D eigenvalue weighted by Gasteiger charge is -1.72. The van der Waals surface area contributed by atoms with Crippen molar-refractivity contribution in [2.45, 2.75) is 0 Å². The van der Waals surface area contributed by atoms with Crippen LogP contribution in [0.2, 0.25) is 0 Å². The minimum absolute atomic E-state index is 0. The van der Waals surface area contributed by atoms with Gasteiger partial charge in [0.15, 0.2) is 0 Å². The van der Waals surface area contributed by atoms with Crippen molar-refractivity contribution < 1.29 is 35.5 Å². The molecule has 0 aromatic carbocycles. The van der Waals surface area contributed by atoms with Crippen LogP contribution in [-0.2, 0) is 9.59 Å². The van der Waals surface area contributed by atoms with E-state index in [2.05, 4.69) is 13.2 Å². The van der Waals surface area contributed by atoms with E-state index in [-0.39, 0.29) is 5.48 Å². The van der Waals surface area contributed by atoms with Gasteiger partial charge in [-0.05, 0) is 0 Å². The average Bonchev–Trinajstić information content (AvgIpc) is 2.09. The molecule has 7 heteroatoms. The van der Waals surface area contributed by atoms with Gasteiger partial charge in [-0.3, -0.25) is 0 Å². The van der Waals surface area contributed by atoms with Crippen LogP contribution in [0.25, 0.3) is 0 Å². The maximum atomic E-state index is 9.12. The third kappa shape index (κ3) is 118. The first kappa shape index (κ1) is 22.6. The van der Waals surface area contributed by atoms with Crippen LogP contribution in [0.15, 0.2) is 13.2 Å². The third-order valence-electron chi connectivity index (χ3n) is 0.271. The van der Waals surface area contributed by atoms with Crippen LogP contribution in [0.4, 0.5) is 0 Å². The molecule has 0 rings (SSSR count). The van der Waals surface area contributed by atoms with Gasteiger partial charge in [-0.1, -0.05) is 0 Å². The fraction of sp³-hybridized carbons (Fsp3) is 0.333. The summed E-state index contributed by atoms with van der Waals surface area (Å²) >= 11 is 0. The number of aliphatic carboxylic acids is 2. The number of hydrogen-bond donors (Lipinski definition) is 4. The van der Waals surface area contributed by atoms with Crippen molar-refractivity contribution in [2.75, 3.05) is 13.2 Å². The molecule has 0 aromatic rings. The van der Waals surface area contributed by atoms with E-state index in [9.17, 15) is 0 Å². The standard InChI is InChI=1S/2C2H4O3.C2H4.H2O/c2*3-1-2(4)5;1-2;/h2*3H,1H2,(H,4,5);1-2H2;1H2. The van der Waals surface area contributed by atoms with Crippen LogP contribution >= 0.6 is 0 Å². The number of carboxylic acid groups (broad SMARTS) is 2. The van der Waals surface area contributed by atoms with Crippen molar-refractivity contribution in [3.8, 4) is 0 Å². The molecule has 0 aliphatic heterocycles. The fourth-order valence-corrected chi connectivity index (χ4v) is 0. The molecular weight excluding hydrogens is 184 g/mol. The third-order valence-corrected chi connectivity index (χ3v) is 0.271. The molecular formula is C6H14O7. The van der Waals surface area contributed by atoms with Gasteiger partial charge in [-0.25, -0.2) is 9.59 Å². The molecule has 0 aliphatic carbocycles. The molecule has 13 heavy (non-hydrogen) atoms. The lowest BCUT2D eigenvalue weighted by molar-refractivity contribution is -0.141. The van der Waals surface area contributed by atoms with Crippen LogP contribution in [0, 0.1) is 0 Å². The summed E-state index contributed by atoms with van der Waals surface area (Å²) in [6, 6.07) is 0. The molecule has 0 unspecified atom stereocenters. The van der Waals surface area contributed by atoms with Crippen LogP contribution < -0.4 is 0 Å². The molecule has 0 bridgehead atoms. The Morgan fingerprint density at radius 3 is 1.00 bits per heavy atom. The van der Waals surface area contributed by atoms with E-state index >= 15 is 0 Å². The summed E-state index contributed by atoms with van der Waals surface area (Å²) in [5, 5.41) is 30.0. The normalized spacial score (nSPS) is 6.00. The van der Waals surface area contributed by atoms with Crippen LogP contribution in [-0.4, -0.2) is 51.1 Å². The topological polar surface area (TPSA) is 147 Å². The van der Waals surface area contributed by atoms with Crippen molar-refractivity contribution in [2.24, 2.45) is 0 Å². The smallest absolute Gasteiger partial charge is 0.329 e. The van der Waals surface area contributed by atoms with E-state index in [1.54, 1.807) is 0 Å². The average molecular weight is 198 g/mol. The maximum absolute atomic E-state index is 9.12. The van der Waals surface area contributed by atoms with Gasteiger partial charge >= 0.3 is 11.9 Å². The Balaban J connectivity index is -0.0000000491. The Morgan fingerprint density at radius 1 is 0.923 bits per heavy atom. The summed E-state index contributed by atoms with van der Waals surface area (Å²) in [4.78, 5) is 18.2. The molecule has 0 fully saturated rings. The fourth-order valence-electron chi connectivity index (χ4n) is 0. The number of carbonyl (C=O) groups is 2. The predicted molar refractivity (Wildman–Crippen MR) is 44.3 cm³/mol. The van der Waals surface area contributed by atoms with Gasteiger partial charge in [-0.15, -0.1) is 13.2 Å². The highest BCUT2D eigenvalue weighted by Crippen LogP contribution is 1.49. The Kier molecular flexibility index (Phi) is 38.9. The summed E-state index contributed by atoms with van der Waals surface area (Å²) in [6.45, 7) is 4.44. The van der Waals surface area contributed by atoms with E-state index < -0.39 is 25.2 Å². The minimum Gasteiger partial charge on any atom is -0.480 e. The van der Waals surface area contributed by atoms with Gasteiger partial charge in [0.1, 0.15) is 13.2 Å². The summed E-state index contributed by atoms with van der Waals surface area (Å²) in [7, 11) is 0. The minimum atomic E-state index is -1.19. The first-order valence-corrected chi connectivity index (χ1v) is 2.70. The molecule has 0 amide bonds. The monoisotopic (exact) mass is 198 g/mol. The van der Waals surface area contributed by atoms with Crippen molar-refractivity contribution >= 4 is 11.9 Å². The number of carboxylic acids is 2. The molecule has 0 spiro atoms. The highest BCUT2D eigenvalue weighted by atomic mass is 16.4. The maximum Gasteiger partial charge on any atom is 0.329 e. The second-order valence-electron chi connectivity index (χ2n) is 1.10. The molecule has 6 N–H and O–H groups in total. The number of hydrogen-bond acceptors (Lipinski definition) is 4. The van der Waals surface area contributed by atoms with Crippen molar-refractivity contribution in [3.05, 3.63) is 13.2 Å². The van der Waals surface area contributed by atoms with Crippen molar-refractivity contribution in [1.29, 1.82) is 0 Å². The van der Waals surface area contributed by atoms with Crippen molar-refractivity contribution in [1.82, 2.24) is 0 Å². The van der Waals surface area contributed by atoms with Crippen LogP contribution in [0.5, 0.6) is 0 Å². The zero-order chi connectivity index (χ0) is 10.6.